The highest BCUT2D eigenvalue weighted by molar-refractivity contribution is 7.80. The summed E-state index contributed by atoms with van der Waals surface area (Å²) in [6.45, 7) is 41.3. The maximum absolute atomic E-state index is 10.2. The van der Waals surface area contributed by atoms with Crippen molar-refractivity contribution in [1.29, 1.82) is 0 Å². The monoisotopic (exact) mass is 938 g/mol. The molecule has 5 rings (SSSR count). The molecule has 0 amide bonds. The van der Waals surface area contributed by atoms with Crippen molar-refractivity contribution >= 4 is 50.8 Å². The van der Waals surface area contributed by atoms with Crippen LogP contribution in [0.3, 0.4) is 0 Å². The Morgan fingerprint density at radius 3 is 1.66 bits per heavy atom. The number of nitrogens with zero attached hydrogens (tertiary/aromatic N) is 2. The summed E-state index contributed by atoms with van der Waals surface area (Å²) in [5.41, 5.74) is 20.3. The summed E-state index contributed by atoms with van der Waals surface area (Å²) in [7, 11) is 3.31. The summed E-state index contributed by atoms with van der Waals surface area (Å²) in [4.78, 5) is 3.18. The third-order valence-corrected chi connectivity index (χ3v) is 11.4. The molecule has 0 saturated heterocycles. The molecular weight excluding hydrogens is 851 g/mol. The molecule has 0 fully saturated rings. The molecule has 0 aliphatic heterocycles. The minimum atomic E-state index is 0.0125. The van der Waals surface area contributed by atoms with Crippen LogP contribution in [0.15, 0.2) is 85.1 Å². The number of aromatic hydroxyl groups is 4. The predicted octanol–water partition coefficient (Wildman–Crippen LogP) is 14.8. The standard InChI is InChI=1S/C25H34N2O2.C14H19N.C11H14O2.C3H7NS.C3H8.CH5N/c1-8-16(4)19(7)27(10-3)23-12-11-21(13-17(23)5)26-18(6)22-14-20(9-2)24(28)15-25(22)29;1-5-8-15-12(4)11(3)13-9-10(2)6-7-14(13)15;1-4-8-5-9(7(2)3)11(13)6-10(8)12;1-3(5)4-2;1-3-2;1-2/h11-15,26,28-29H,6,8-10H2,1-5,7H3;6-7,9H,5,8H2,1-4H3;5-6,12-13H,2,4H2,1,3H3;1-2H3,(H,4,5);3H2,1-2H3;2H2,1H3/b19-16+;;;;;. The molecule has 1 aromatic heterocycles. The lowest BCUT2D eigenvalue weighted by molar-refractivity contribution is 0.444. The maximum Gasteiger partial charge on any atom is 0.128 e. The molecule has 8 N–H and O–H groups in total. The van der Waals surface area contributed by atoms with E-state index in [-0.39, 0.29) is 23.0 Å². The van der Waals surface area contributed by atoms with E-state index in [1.54, 1.807) is 12.1 Å². The van der Waals surface area contributed by atoms with Crippen LogP contribution < -0.4 is 21.3 Å². The Balaban J connectivity index is 0.000000956. The number of phenols is 4. The molecule has 0 unspecified atom stereocenters. The molecule has 4 aromatic carbocycles. The molecule has 370 valence electrons. The van der Waals surface area contributed by atoms with Crippen LogP contribution in [0.4, 0.5) is 11.4 Å². The van der Waals surface area contributed by atoms with Crippen molar-refractivity contribution in [3.63, 3.8) is 0 Å². The summed E-state index contributed by atoms with van der Waals surface area (Å²) < 4.78 is 2.43. The number of anilines is 2. The van der Waals surface area contributed by atoms with Crippen molar-refractivity contribution in [3.8, 4) is 23.0 Å². The molecule has 5 aromatic rings. The smallest absolute Gasteiger partial charge is 0.128 e. The minimum Gasteiger partial charge on any atom is -0.508 e. The van der Waals surface area contributed by atoms with Crippen LogP contribution in [-0.4, -0.2) is 50.6 Å². The van der Waals surface area contributed by atoms with E-state index in [9.17, 15) is 20.4 Å². The number of phenolic OH excluding ortho intramolecular Hbond substituents is 4. The molecule has 0 bridgehead atoms. The summed E-state index contributed by atoms with van der Waals surface area (Å²) in [5, 5.41) is 46.5. The normalized spacial score (nSPS) is 10.4. The van der Waals surface area contributed by atoms with Crippen LogP contribution in [0.2, 0.25) is 0 Å². The van der Waals surface area contributed by atoms with Gasteiger partial charge in [0, 0.05) is 82.8 Å². The lowest BCUT2D eigenvalue weighted by Crippen LogP contribution is -2.22. The topological polar surface area (TPSA) is 139 Å². The van der Waals surface area contributed by atoms with E-state index in [4.69, 9.17) is 0 Å². The van der Waals surface area contributed by atoms with E-state index in [2.05, 4.69) is 158 Å². The molecule has 1 heterocycles. The Morgan fingerprint density at radius 2 is 1.22 bits per heavy atom. The van der Waals surface area contributed by atoms with Crippen molar-refractivity contribution in [3.05, 3.63) is 130 Å². The lowest BCUT2D eigenvalue weighted by atomic mass is 10.0. The Labute approximate surface area is 411 Å². The number of benzene rings is 4. The average molecular weight is 938 g/mol. The van der Waals surface area contributed by atoms with Crippen molar-refractivity contribution < 1.29 is 20.4 Å². The van der Waals surface area contributed by atoms with Crippen molar-refractivity contribution in [2.45, 2.75) is 143 Å². The van der Waals surface area contributed by atoms with E-state index in [0.29, 0.717) is 23.2 Å². The number of fused-ring (bicyclic) bond motifs is 1. The molecular formula is C57H87N5O4S. The van der Waals surface area contributed by atoms with E-state index in [0.717, 1.165) is 58.9 Å². The number of rotatable bonds is 12. The van der Waals surface area contributed by atoms with Gasteiger partial charge in [-0.25, -0.2) is 0 Å². The number of hydrogen-bond donors (Lipinski definition) is 7. The number of nitrogens with two attached hydrogens (primary N) is 1. The van der Waals surface area contributed by atoms with Gasteiger partial charge in [0.05, 0.1) is 4.99 Å². The Kier molecular flexibility index (Phi) is 28.6. The SMILES string of the molecule is C=C(C)c1cc(CC)c(O)cc1O.C=C(Nc1ccc(N(CC)/C(C)=C(\C)CC)c(C)c1)c1cc(CC)c(O)cc1O.CCC.CCCn1c(C)c(C)c2cc(C)ccc21.CN.CNC(C)=S. The fourth-order valence-corrected chi connectivity index (χ4v) is 7.02. The molecule has 0 aliphatic carbocycles. The van der Waals surface area contributed by atoms with Gasteiger partial charge in [0.1, 0.15) is 23.0 Å². The summed E-state index contributed by atoms with van der Waals surface area (Å²) >= 11 is 4.59. The minimum absolute atomic E-state index is 0.0125. The number of aryl methyl sites for hydroxylation is 6. The fraction of sp³-hybridized carbons (Fsp3) is 0.421. The van der Waals surface area contributed by atoms with E-state index >= 15 is 0 Å². The van der Waals surface area contributed by atoms with Gasteiger partial charge in [-0.3, -0.25) is 0 Å². The Hall–Kier alpha value is -5.71. The van der Waals surface area contributed by atoms with Gasteiger partial charge in [-0.1, -0.05) is 90.5 Å². The molecule has 0 saturated carbocycles. The zero-order valence-electron chi connectivity index (χ0n) is 44.3. The third kappa shape index (κ3) is 18.5. The molecule has 67 heavy (non-hydrogen) atoms. The van der Waals surface area contributed by atoms with Crippen LogP contribution in [0, 0.1) is 27.7 Å². The maximum atomic E-state index is 10.2. The molecule has 0 atom stereocenters. The second-order valence-electron chi connectivity index (χ2n) is 16.4. The molecule has 10 heteroatoms. The molecule has 0 spiro atoms. The number of allylic oxidation sites excluding steroid dienone is 3. The average Bonchev–Trinajstić information content (AvgIpc) is 3.52. The summed E-state index contributed by atoms with van der Waals surface area (Å²) in [6.07, 6.45) is 4.90. The van der Waals surface area contributed by atoms with Gasteiger partial charge in [0.25, 0.3) is 0 Å². The highest BCUT2D eigenvalue weighted by atomic mass is 32.1. The van der Waals surface area contributed by atoms with Crippen molar-refractivity contribution in [1.82, 2.24) is 9.88 Å². The van der Waals surface area contributed by atoms with Crippen LogP contribution in [0.25, 0.3) is 22.2 Å². The van der Waals surface area contributed by atoms with Crippen LogP contribution >= 0.6 is 12.2 Å². The number of hydrogen-bond acceptors (Lipinski definition) is 8. The highest BCUT2D eigenvalue weighted by Gasteiger charge is 2.15. The van der Waals surface area contributed by atoms with Crippen LogP contribution in [0.5, 0.6) is 23.0 Å². The first kappa shape index (κ1) is 61.3. The van der Waals surface area contributed by atoms with Gasteiger partial charge in [0.15, 0.2) is 0 Å². The molecule has 0 radical (unpaired) electrons. The van der Waals surface area contributed by atoms with Gasteiger partial charge in [-0.15, -0.1) is 0 Å². The van der Waals surface area contributed by atoms with E-state index in [1.165, 1.54) is 76.7 Å². The Bertz CT molecular complexity index is 2390. The second-order valence-corrected chi connectivity index (χ2v) is 17.1. The van der Waals surface area contributed by atoms with Gasteiger partial charge in [0.2, 0.25) is 0 Å². The third-order valence-electron chi connectivity index (χ3n) is 11.2. The predicted molar refractivity (Wildman–Crippen MR) is 298 cm³/mol. The first-order valence-corrected chi connectivity index (χ1v) is 24.1. The quantitative estimate of drug-likeness (QED) is 0.0609. The highest BCUT2D eigenvalue weighted by Crippen LogP contribution is 2.35. The van der Waals surface area contributed by atoms with Gasteiger partial charge < -0.3 is 46.3 Å². The van der Waals surface area contributed by atoms with Crippen LogP contribution in [-0.2, 0) is 19.4 Å². The first-order chi connectivity index (χ1) is 31.6. The number of thiocarbonyl (C=S) groups is 1. The number of aromatic nitrogens is 1. The van der Waals surface area contributed by atoms with Gasteiger partial charge in [-0.05, 0) is 165 Å². The van der Waals surface area contributed by atoms with Crippen LogP contribution in [0.1, 0.15) is 140 Å². The van der Waals surface area contributed by atoms with Crippen molar-refractivity contribution in [2.75, 3.05) is 30.9 Å². The zero-order valence-corrected chi connectivity index (χ0v) is 45.1. The zero-order chi connectivity index (χ0) is 51.7. The Morgan fingerprint density at radius 1 is 0.716 bits per heavy atom. The first-order valence-electron chi connectivity index (χ1n) is 23.7. The van der Waals surface area contributed by atoms with Gasteiger partial charge >= 0.3 is 0 Å². The van der Waals surface area contributed by atoms with E-state index in [1.807, 2.05) is 40.8 Å². The lowest BCUT2D eigenvalue weighted by Gasteiger charge is -2.28. The number of nitrogens with one attached hydrogen (secondary N) is 2. The van der Waals surface area contributed by atoms with Crippen molar-refractivity contribution in [2.24, 2.45) is 5.73 Å². The van der Waals surface area contributed by atoms with E-state index < -0.39 is 0 Å². The largest absolute Gasteiger partial charge is 0.508 e. The summed E-state index contributed by atoms with van der Waals surface area (Å²) in [5.74, 6) is 0.345. The molecule has 9 nitrogen and oxygen atoms in total. The summed E-state index contributed by atoms with van der Waals surface area (Å²) in [6, 6.07) is 19.3. The second kappa shape index (κ2) is 31.3. The van der Waals surface area contributed by atoms with Gasteiger partial charge in [-0.2, -0.15) is 0 Å². The molecule has 0 aliphatic rings. The fourth-order valence-electron chi connectivity index (χ4n) is 7.02.